The first-order valence-corrected chi connectivity index (χ1v) is 9.85. The quantitative estimate of drug-likeness (QED) is 0.288. The van der Waals surface area contributed by atoms with E-state index in [4.69, 9.17) is 16.3 Å². The highest BCUT2D eigenvalue weighted by Crippen LogP contribution is 2.26. The lowest BCUT2D eigenvalue weighted by molar-refractivity contribution is 0.305. The van der Waals surface area contributed by atoms with E-state index in [0.717, 1.165) is 31.1 Å². The van der Waals surface area contributed by atoms with Gasteiger partial charge in [-0.25, -0.2) is 0 Å². The maximum atomic E-state index is 5.82. The molecule has 0 atom stereocenters. The molecule has 0 fully saturated rings. The molecule has 0 aliphatic heterocycles. The fraction of sp³-hybridized carbons (Fsp3) is 0.250. The minimum atomic E-state index is 0.759. The van der Waals surface area contributed by atoms with Crippen LogP contribution >= 0.6 is 11.6 Å². The molecule has 3 aromatic rings. The minimum Gasteiger partial charge on any atom is -0.494 e. The highest BCUT2D eigenvalue weighted by atomic mass is 35.5. The summed E-state index contributed by atoms with van der Waals surface area (Å²) in [5.41, 5.74) is 4.91. The Bertz CT molecular complexity index is 764. The first kappa shape index (κ1) is 18.5. The molecule has 0 bridgehead atoms. The van der Waals surface area contributed by atoms with Crippen LogP contribution in [0.25, 0.3) is 22.3 Å². The Morgan fingerprint density at radius 2 is 1.04 bits per heavy atom. The Kier molecular flexibility index (Phi) is 7.15. The van der Waals surface area contributed by atoms with Crippen molar-refractivity contribution in [1.29, 1.82) is 0 Å². The Balaban J connectivity index is 1.55. The predicted octanol–water partition coefficient (Wildman–Crippen LogP) is 7.20. The van der Waals surface area contributed by atoms with Crippen LogP contribution in [0.3, 0.4) is 0 Å². The number of unbranched alkanes of at least 4 members (excludes halogenated alkanes) is 3. The topological polar surface area (TPSA) is 9.23 Å². The zero-order valence-corrected chi connectivity index (χ0v) is 15.8. The number of rotatable bonds is 9. The molecule has 0 saturated carbocycles. The van der Waals surface area contributed by atoms with Crippen molar-refractivity contribution in [2.24, 2.45) is 0 Å². The van der Waals surface area contributed by atoms with Gasteiger partial charge in [0.2, 0.25) is 0 Å². The van der Waals surface area contributed by atoms with E-state index in [-0.39, 0.29) is 0 Å². The van der Waals surface area contributed by atoms with E-state index < -0.39 is 0 Å². The van der Waals surface area contributed by atoms with Crippen molar-refractivity contribution in [3.63, 3.8) is 0 Å². The molecule has 0 saturated heterocycles. The van der Waals surface area contributed by atoms with Gasteiger partial charge in [0.15, 0.2) is 0 Å². The minimum absolute atomic E-state index is 0.759. The lowest BCUT2D eigenvalue weighted by atomic mass is 10.0. The molecular formula is C24H25ClO. The number of alkyl halides is 1. The molecule has 0 unspecified atom stereocenters. The van der Waals surface area contributed by atoms with Crippen LogP contribution < -0.4 is 4.74 Å². The summed E-state index contributed by atoms with van der Waals surface area (Å²) in [6.45, 7) is 0.771. The van der Waals surface area contributed by atoms with Gasteiger partial charge in [-0.3, -0.25) is 0 Å². The largest absolute Gasteiger partial charge is 0.494 e. The molecule has 26 heavy (non-hydrogen) atoms. The lowest BCUT2D eigenvalue weighted by Gasteiger charge is -2.08. The molecule has 0 aromatic heterocycles. The summed E-state index contributed by atoms with van der Waals surface area (Å²) in [7, 11) is 0. The normalized spacial score (nSPS) is 10.7. The van der Waals surface area contributed by atoms with Crippen LogP contribution in [0.4, 0.5) is 0 Å². The van der Waals surface area contributed by atoms with E-state index >= 15 is 0 Å². The molecule has 0 amide bonds. The summed E-state index contributed by atoms with van der Waals surface area (Å²) in [5.74, 6) is 1.70. The summed E-state index contributed by atoms with van der Waals surface area (Å²) >= 11 is 5.68. The number of hydrogen-bond donors (Lipinski definition) is 0. The molecule has 0 N–H and O–H groups in total. The number of hydrogen-bond acceptors (Lipinski definition) is 1. The highest BCUT2D eigenvalue weighted by Gasteiger charge is 2.01. The molecule has 0 heterocycles. The number of halogens is 1. The SMILES string of the molecule is ClCCCCCCOc1ccc(-c2ccc(-c3ccccc3)cc2)cc1. The van der Waals surface area contributed by atoms with Gasteiger partial charge in [-0.15, -0.1) is 11.6 Å². The van der Waals surface area contributed by atoms with E-state index in [9.17, 15) is 0 Å². The summed E-state index contributed by atoms with van der Waals surface area (Å²) < 4.78 is 5.82. The van der Waals surface area contributed by atoms with E-state index in [1.165, 1.54) is 35.1 Å². The number of ether oxygens (including phenoxy) is 1. The zero-order valence-electron chi connectivity index (χ0n) is 15.0. The summed E-state index contributed by atoms with van der Waals surface area (Å²) in [5, 5.41) is 0. The molecule has 0 radical (unpaired) electrons. The van der Waals surface area contributed by atoms with Gasteiger partial charge in [0.1, 0.15) is 5.75 Å². The first-order chi connectivity index (χ1) is 12.9. The average molecular weight is 365 g/mol. The average Bonchev–Trinajstić information content (AvgIpc) is 2.72. The van der Waals surface area contributed by atoms with Gasteiger partial charge in [0, 0.05) is 5.88 Å². The van der Waals surface area contributed by atoms with E-state index in [0.29, 0.717) is 0 Å². The van der Waals surface area contributed by atoms with Crippen LogP contribution in [0, 0.1) is 0 Å². The van der Waals surface area contributed by atoms with Crippen molar-refractivity contribution in [3.05, 3.63) is 78.9 Å². The van der Waals surface area contributed by atoms with E-state index in [1.54, 1.807) is 0 Å². The summed E-state index contributed by atoms with van der Waals surface area (Å²) in [6.07, 6.45) is 4.54. The second kappa shape index (κ2) is 10.0. The van der Waals surface area contributed by atoms with Crippen molar-refractivity contribution in [2.45, 2.75) is 25.7 Å². The van der Waals surface area contributed by atoms with Crippen LogP contribution in [0.5, 0.6) is 5.75 Å². The van der Waals surface area contributed by atoms with Gasteiger partial charge in [0.25, 0.3) is 0 Å². The van der Waals surface area contributed by atoms with Crippen molar-refractivity contribution in [3.8, 4) is 28.0 Å². The first-order valence-electron chi connectivity index (χ1n) is 9.31. The second-order valence-electron chi connectivity index (χ2n) is 6.42. The van der Waals surface area contributed by atoms with Crippen molar-refractivity contribution < 1.29 is 4.74 Å². The Morgan fingerprint density at radius 1 is 0.538 bits per heavy atom. The maximum absolute atomic E-state index is 5.82. The van der Waals surface area contributed by atoms with Crippen molar-refractivity contribution in [2.75, 3.05) is 12.5 Å². The number of benzene rings is 3. The smallest absolute Gasteiger partial charge is 0.119 e. The summed E-state index contributed by atoms with van der Waals surface area (Å²) in [6, 6.07) is 27.5. The van der Waals surface area contributed by atoms with Gasteiger partial charge >= 0.3 is 0 Å². The second-order valence-corrected chi connectivity index (χ2v) is 6.80. The van der Waals surface area contributed by atoms with Gasteiger partial charge in [-0.05, 0) is 47.2 Å². The van der Waals surface area contributed by atoms with Crippen LogP contribution in [0.1, 0.15) is 25.7 Å². The van der Waals surface area contributed by atoms with Crippen molar-refractivity contribution >= 4 is 11.6 Å². The Hall–Kier alpha value is -2.25. The molecule has 0 aliphatic rings. The fourth-order valence-corrected chi connectivity index (χ4v) is 3.16. The molecule has 134 valence electrons. The van der Waals surface area contributed by atoms with Gasteiger partial charge in [-0.2, -0.15) is 0 Å². The fourth-order valence-electron chi connectivity index (χ4n) is 2.97. The van der Waals surface area contributed by atoms with Gasteiger partial charge in [0.05, 0.1) is 6.61 Å². The van der Waals surface area contributed by atoms with Crippen LogP contribution in [-0.4, -0.2) is 12.5 Å². The monoisotopic (exact) mass is 364 g/mol. The molecule has 2 heteroatoms. The van der Waals surface area contributed by atoms with Crippen LogP contribution in [-0.2, 0) is 0 Å². The molecule has 0 spiro atoms. The summed E-state index contributed by atoms with van der Waals surface area (Å²) in [4.78, 5) is 0. The van der Waals surface area contributed by atoms with Crippen LogP contribution in [0.15, 0.2) is 78.9 Å². The van der Waals surface area contributed by atoms with E-state index in [1.807, 2.05) is 6.07 Å². The predicted molar refractivity (Wildman–Crippen MR) is 112 cm³/mol. The molecule has 3 rings (SSSR count). The van der Waals surface area contributed by atoms with Crippen molar-refractivity contribution in [1.82, 2.24) is 0 Å². The van der Waals surface area contributed by atoms with Crippen LogP contribution in [0.2, 0.25) is 0 Å². The lowest BCUT2D eigenvalue weighted by Crippen LogP contribution is -1.97. The van der Waals surface area contributed by atoms with Gasteiger partial charge in [-0.1, -0.05) is 79.6 Å². The Morgan fingerprint density at radius 3 is 1.62 bits per heavy atom. The van der Waals surface area contributed by atoms with Gasteiger partial charge < -0.3 is 4.74 Å². The molecular weight excluding hydrogens is 340 g/mol. The van der Waals surface area contributed by atoms with E-state index in [2.05, 4.69) is 72.8 Å². The zero-order chi connectivity index (χ0) is 18.0. The maximum Gasteiger partial charge on any atom is 0.119 e. The standard InChI is InChI=1S/C24H25ClO/c25-18-6-1-2-7-19-26-24-16-14-23(15-17-24)22-12-10-21(11-13-22)20-8-4-3-5-9-20/h3-5,8-17H,1-2,6-7,18-19H2. The third kappa shape index (κ3) is 5.37. The molecule has 0 aliphatic carbocycles. The molecule has 1 nitrogen and oxygen atoms in total. The Labute approximate surface area is 161 Å². The third-order valence-corrected chi connectivity index (χ3v) is 4.74. The molecule has 3 aromatic carbocycles. The third-order valence-electron chi connectivity index (χ3n) is 4.48. The highest BCUT2D eigenvalue weighted by molar-refractivity contribution is 6.17.